The third-order valence-corrected chi connectivity index (χ3v) is 6.46. The van der Waals surface area contributed by atoms with Gasteiger partial charge < -0.3 is 10.2 Å². The van der Waals surface area contributed by atoms with Crippen LogP contribution in [0.3, 0.4) is 0 Å². The van der Waals surface area contributed by atoms with Crippen LogP contribution in [0.2, 0.25) is 0 Å². The molecule has 2 aromatic rings. The number of carbonyl (C=O) groups is 2. The summed E-state index contributed by atoms with van der Waals surface area (Å²) in [6.45, 7) is 2.05. The van der Waals surface area contributed by atoms with Crippen molar-refractivity contribution >= 4 is 23.6 Å². The first kappa shape index (κ1) is 22.3. The molecule has 0 saturated heterocycles. The molecule has 2 amide bonds. The maximum absolute atomic E-state index is 13.3. The van der Waals surface area contributed by atoms with Crippen molar-refractivity contribution < 1.29 is 14.0 Å². The summed E-state index contributed by atoms with van der Waals surface area (Å²) < 4.78 is 13.3. The van der Waals surface area contributed by atoms with Gasteiger partial charge in [0, 0.05) is 18.3 Å². The number of carbonyl (C=O) groups excluding carboxylic acids is 2. The molecule has 3 rings (SSSR count). The molecule has 0 spiro atoms. The third kappa shape index (κ3) is 6.59. The molecule has 1 fully saturated rings. The van der Waals surface area contributed by atoms with E-state index in [1.165, 1.54) is 23.9 Å². The predicted octanol–water partition coefficient (Wildman–Crippen LogP) is 4.54. The quantitative estimate of drug-likeness (QED) is 0.638. The number of hydrogen-bond donors (Lipinski definition) is 1. The van der Waals surface area contributed by atoms with Gasteiger partial charge in [0.25, 0.3) is 0 Å². The van der Waals surface area contributed by atoms with Crippen LogP contribution in [0.1, 0.15) is 43.7 Å². The summed E-state index contributed by atoms with van der Waals surface area (Å²) in [6.07, 6.45) is 4.26. The van der Waals surface area contributed by atoms with Crippen molar-refractivity contribution in [2.75, 3.05) is 5.75 Å². The van der Waals surface area contributed by atoms with Gasteiger partial charge >= 0.3 is 0 Å². The van der Waals surface area contributed by atoms with E-state index in [0.29, 0.717) is 0 Å². The summed E-state index contributed by atoms with van der Waals surface area (Å²) in [6, 6.07) is 15.7. The Bertz CT molecular complexity index is 823. The first-order valence-electron chi connectivity index (χ1n) is 10.5. The van der Waals surface area contributed by atoms with Crippen LogP contribution >= 0.6 is 11.8 Å². The number of benzene rings is 2. The largest absolute Gasteiger partial charge is 0.352 e. The molecule has 160 valence electrons. The van der Waals surface area contributed by atoms with Crippen molar-refractivity contribution in [3.63, 3.8) is 0 Å². The van der Waals surface area contributed by atoms with E-state index in [4.69, 9.17) is 0 Å². The molecule has 2 aromatic carbocycles. The highest BCUT2D eigenvalue weighted by molar-refractivity contribution is 7.99. The Kier molecular flexibility index (Phi) is 8.31. The lowest BCUT2D eigenvalue weighted by Crippen LogP contribution is -2.50. The van der Waals surface area contributed by atoms with Gasteiger partial charge in [0.1, 0.15) is 11.9 Å². The van der Waals surface area contributed by atoms with Crippen LogP contribution < -0.4 is 5.32 Å². The topological polar surface area (TPSA) is 49.4 Å². The van der Waals surface area contributed by atoms with Crippen molar-refractivity contribution in [1.82, 2.24) is 10.2 Å². The number of halogens is 1. The lowest BCUT2D eigenvalue weighted by molar-refractivity contribution is -0.138. The van der Waals surface area contributed by atoms with Gasteiger partial charge in [-0.25, -0.2) is 4.39 Å². The van der Waals surface area contributed by atoms with Crippen LogP contribution in [0, 0.1) is 5.82 Å². The van der Waals surface area contributed by atoms with Crippen molar-refractivity contribution in [3.05, 3.63) is 71.5 Å². The maximum atomic E-state index is 13.3. The van der Waals surface area contributed by atoms with E-state index in [2.05, 4.69) is 5.32 Å². The second-order valence-corrected chi connectivity index (χ2v) is 8.78. The molecule has 0 heterocycles. The monoisotopic (exact) mass is 428 g/mol. The molecule has 1 aliphatic carbocycles. The van der Waals surface area contributed by atoms with E-state index in [0.717, 1.165) is 42.6 Å². The number of hydrogen-bond acceptors (Lipinski definition) is 3. The Hall–Kier alpha value is -2.34. The zero-order valence-corrected chi connectivity index (χ0v) is 18.2. The lowest BCUT2D eigenvalue weighted by Gasteiger charge is -2.29. The van der Waals surface area contributed by atoms with Crippen molar-refractivity contribution in [3.8, 4) is 0 Å². The highest BCUT2D eigenvalue weighted by Gasteiger charge is 2.28. The summed E-state index contributed by atoms with van der Waals surface area (Å²) in [5, 5.41) is 3.09. The first-order valence-corrected chi connectivity index (χ1v) is 11.6. The second-order valence-electron chi connectivity index (χ2n) is 7.79. The Morgan fingerprint density at radius 3 is 2.40 bits per heavy atom. The molecule has 6 heteroatoms. The molecule has 1 N–H and O–H groups in total. The molecule has 1 aliphatic rings. The van der Waals surface area contributed by atoms with Gasteiger partial charge in [-0.2, -0.15) is 0 Å². The zero-order chi connectivity index (χ0) is 21.3. The minimum absolute atomic E-state index is 0.0886. The maximum Gasteiger partial charge on any atom is 0.242 e. The summed E-state index contributed by atoms with van der Waals surface area (Å²) >= 11 is 1.53. The molecule has 0 bridgehead atoms. The minimum atomic E-state index is -0.583. The van der Waals surface area contributed by atoms with E-state index in [1.807, 2.05) is 30.3 Å². The molecular formula is C24H29FN2O2S. The van der Waals surface area contributed by atoms with Crippen LogP contribution in [0.4, 0.5) is 4.39 Å². The summed E-state index contributed by atoms with van der Waals surface area (Å²) in [5.74, 6) is 0.498. The molecular weight excluding hydrogens is 399 g/mol. The standard InChI is InChI=1S/C24H29FN2O2S/c1-18(24(29)26-22-9-5-6-10-22)27(15-19-11-13-21(25)14-12-19)23(28)17-30-16-20-7-3-2-4-8-20/h2-4,7-8,11-14,18,22H,5-6,9-10,15-17H2,1H3,(H,26,29)/t18-/m0/s1. The fourth-order valence-corrected chi connectivity index (χ4v) is 4.55. The smallest absolute Gasteiger partial charge is 0.242 e. The number of rotatable bonds is 9. The van der Waals surface area contributed by atoms with E-state index in [1.54, 1.807) is 24.0 Å². The summed E-state index contributed by atoms with van der Waals surface area (Å²) in [7, 11) is 0. The number of thioether (sulfide) groups is 1. The van der Waals surface area contributed by atoms with Crippen LogP contribution in [0.5, 0.6) is 0 Å². The van der Waals surface area contributed by atoms with Gasteiger partial charge in [0.2, 0.25) is 11.8 Å². The summed E-state index contributed by atoms with van der Waals surface area (Å²) in [4.78, 5) is 27.5. The van der Waals surface area contributed by atoms with Gasteiger partial charge in [0.05, 0.1) is 5.75 Å². The number of nitrogens with zero attached hydrogens (tertiary/aromatic N) is 1. The molecule has 4 nitrogen and oxygen atoms in total. The van der Waals surface area contributed by atoms with Gasteiger partial charge in [-0.05, 0) is 43.0 Å². The molecule has 0 unspecified atom stereocenters. The van der Waals surface area contributed by atoms with Gasteiger partial charge in [-0.1, -0.05) is 55.3 Å². The average Bonchev–Trinajstić information content (AvgIpc) is 3.26. The van der Waals surface area contributed by atoms with E-state index >= 15 is 0 Å². The molecule has 0 aromatic heterocycles. The predicted molar refractivity (Wildman–Crippen MR) is 119 cm³/mol. The van der Waals surface area contributed by atoms with Crippen LogP contribution in [-0.2, 0) is 21.9 Å². The molecule has 1 atom stereocenters. The SMILES string of the molecule is C[C@@H](C(=O)NC1CCCC1)N(Cc1ccc(F)cc1)C(=O)CSCc1ccccc1. The Balaban J connectivity index is 1.64. The van der Waals surface area contributed by atoms with Crippen molar-refractivity contribution in [2.24, 2.45) is 0 Å². The van der Waals surface area contributed by atoms with Gasteiger partial charge in [0.15, 0.2) is 0 Å². The highest BCUT2D eigenvalue weighted by atomic mass is 32.2. The Labute approximate surface area is 182 Å². The lowest BCUT2D eigenvalue weighted by atomic mass is 10.1. The zero-order valence-electron chi connectivity index (χ0n) is 17.4. The van der Waals surface area contributed by atoms with Crippen molar-refractivity contribution in [1.29, 1.82) is 0 Å². The summed E-state index contributed by atoms with van der Waals surface area (Å²) in [5.41, 5.74) is 1.96. The minimum Gasteiger partial charge on any atom is -0.352 e. The number of nitrogens with one attached hydrogen (secondary N) is 1. The first-order chi connectivity index (χ1) is 14.5. The van der Waals surface area contributed by atoms with Crippen LogP contribution in [0.25, 0.3) is 0 Å². The van der Waals surface area contributed by atoms with Gasteiger partial charge in [-0.3, -0.25) is 9.59 Å². The fraction of sp³-hybridized carbons (Fsp3) is 0.417. The van der Waals surface area contributed by atoms with E-state index < -0.39 is 6.04 Å². The van der Waals surface area contributed by atoms with E-state index in [-0.39, 0.29) is 36.0 Å². The van der Waals surface area contributed by atoms with Crippen LogP contribution in [-0.4, -0.2) is 34.6 Å². The second kappa shape index (κ2) is 11.2. The van der Waals surface area contributed by atoms with E-state index in [9.17, 15) is 14.0 Å². The van der Waals surface area contributed by atoms with Gasteiger partial charge in [-0.15, -0.1) is 11.8 Å². The highest BCUT2D eigenvalue weighted by Crippen LogP contribution is 2.19. The normalized spacial score (nSPS) is 15.0. The van der Waals surface area contributed by atoms with Crippen LogP contribution in [0.15, 0.2) is 54.6 Å². The molecule has 0 aliphatic heterocycles. The average molecular weight is 429 g/mol. The Morgan fingerprint density at radius 2 is 1.73 bits per heavy atom. The van der Waals surface area contributed by atoms with Crippen molar-refractivity contribution in [2.45, 2.75) is 57.0 Å². The third-order valence-electron chi connectivity index (χ3n) is 5.47. The molecule has 1 saturated carbocycles. The Morgan fingerprint density at radius 1 is 1.07 bits per heavy atom. The molecule has 0 radical (unpaired) electrons. The fourth-order valence-electron chi connectivity index (χ4n) is 3.67. The molecule has 30 heavy (non-hydrogen) atoms. The number of amides is 2.